The van der Waals surface area contributed by atoms with E-state index in [2.05, 4.69) is 52.5 Å². The maximum Gasteiger partial charge on any atom is 0.376 e. The van der Waals surface area contributed by atoms with Crippen LogP contribution < -0.4 is 0 Å². The molecule has 0 radical (unpaired) electrons. The first-order chi connectivity index (χ1) is 8.92. The Morgan fingerprint density at radius 2 is 1.68 bits per heavy atom. The van der Waals surface area contributed by atoms with E-state index < -0.39 is 17.0 Å². The van der Waals surface area contributed by atoms with Crippen LogP contribution in [0.3, 0.4) is 0 Å². The Morgan fingerprint density at radius 1 is 1.11 bits per heavy atom. The summed E-state index contributed by atoms with van der Waals surface area (Å²) in [6.45, 7) is 0.294. The van der Waals surface area contributed by atoms with Crippen molar-refractivity contribution in [2.24, 2.45) is 0 Å². The summed E-state index contributed by atoms with van der Waals surface area (Å²) in [5, 5.41) is -0.394. The Morgan fingerprint density at radius 3 is 1.89 bits per heavy atom. The second-order valence-corrected chi connectivity index (χ2v) is 5.76. The van der Waals surface area contributed by atoms with Crippen LogP contribution in [-0.2, 0) is 28.5 Å². The van der Waals surface area contributed by atoms with Gasteiger partial charge in [-0.2, -0.15) is 0 Å². The molecule has 2 aliphatic rings. The lowest BCUT2D eigenvalue weighted by molar-refractivity contribution is -0.140. The van der Waals surface area contributed by atoms with Gasteiger partial charge in [-0.05, 0) is 47.8 Å². The van der Waals surface area contributed by atoms with Crippen molar-refractivity contribution < 1.29 is 28.5 Å². The van der Waals surface area contributed by atoms with E-state index in [0.29, 0.717) is 15.6 Å². The number of rotatable bonds is 2. The summed E-state index contributed by atoms with van der Waals surface area (Å²) in [7, 11) is 2.85. The van der Waals surface area contributed by atoms with Crippen LogP contribution in [-0.4, -0.2) is 37.8 Å². The summed E-state index contributed by atoms with van der Waals surface area (Å²) < 4.78 is 20.0. The Balaban J connectivity index is 0.000000191. The molecular weight excluding hydrogens is 456 g/mol. The second kappa shape index (κ2) is 7.30. The summed E-state index contributed by atoms with van der Waals surface area (Å²) in [5.41, 5.74) is 0. The van der Waals surface area contributed by atoms with Gasteiger partial charge in [-0.15, -0.1) is 0 Å². The third-order valence-electron chi connectivity index (χ3n) is 1.98. The van der Waals surface area contributed by atoms with Gasteiger partial charge in [0.15, 0.2) is 5.01 Å². The molecule has 0 saturated carbocycles. The van der Waals surface area contributed by atoms with E-state index in [-0.39, 0.29) is 11.5 Å². The summed E-state index contributed by atoms with van der Waals surface area (Å²) in [4.78, 5) is 21.3. The summed E-state index contributed by atoms with van der Waals surface area (Å²) >= 11 is 9.34. The lowest BCUT2D eigenvalue weighted by atomic mass is 10.5. The van der Waals surface area contributed by atoms with Crippen molar-refractivity contribution in [2.75, 3.05) is 20.8 Å². The molecule has 9 heteroatoms. The Kier molecular flexibility index (Phi) is 6.34. The van der Waals surface area contributed by atoms with Gasteiger partial charge in [0.25, 0.3) is 0 Å². The van der Waals surface area contributed by atoms with Crippen LogP contribution in [0.1, 0.15) is 0 Å². The monoisotopic (exact) mass is 462 g/mol. The third-order valence-corrected chi connectivity index (χ3v) is 4.61. The van der Waals surface area contributed by atoms with Crippen molar-refractivity contribution in [1.82, 2.24) is 0 Å². The lowest BCUT2D eigenvalue weighted by Gasteiger charge is -1.96. The van der Waals surface area contributed by atoms with Gasteiger partial charge in [0.2, 0.25) is 11.5 Å². The molecule has 0 amide bonds. The minimum absolute atomic E-state index is 0.224. The van der Waals surface area contributed by atoms with Crippen molar-refractivity contribution >= 4 is 59.7 Å². The topological polar surface area (TPSA) is 71.1 Å². The molecule has 0 aromatic carbocycles. The minimum Gasteiger partial charge on any atom is -0.489 e. The Hall–Kier alpha value is -0.540. The highest BCUT2D eigenvalue weighted by Gasteiger charge is 2.31. The molecule has 2 heterocycles. The van der Waals surface area contributed by atoms with E-state index in [9.17, 15) is 9.59 Å². The van der Waals surface area contributed by atoms with E-state index in [4.69, 9.17) is 14.2 Å². The number of alkyl halides is 1. The zero-order valence-corrected chi connectivity index (χ0v) is 14.6. The van der Waals surface area contributed by atoms with Gasteiger partial charge in [-0.3, -0.25) is 0 Å². The van der Waals surface area contributed by atoms with Crippen molar-refractivity contribution in [2.45, 2.75) is 5.01 Å². The molecule has 19 heavy (non-hydrogen) atoms. The molecule has 106 valence electrons. The maximum atomic E-state index is 10.8. The summed E-state index contributed by atoms with van der Waals surface area (Å²) in [5.74, 6) is -0.350. The molecule has 1 unspecified atom stereocenters. The van der Waals surface area contributed by atoms with Gasteiger partial charge in [0, 0.05) is 0 Å². The van der Waals surface area contributed by atoms with Crippen LogP contribution in [0.25, 0.3) is 0 Å². The number of carbonyl (C=O) groups is 2. The molecule has 0 aromatic rings. The van der Waals surface area contributed by atoms with Gasteiger partial charge in [0.05, 0.1) is 23.2 Å². The predicted molar refractivity (Wildman–Crippen MR) is 75.7 cm³/mol. The highest BCUT2D eigenvalue weighted by molar-refractivity contribution is 9.14. The molecule has 6 nitrogen and oxygen atoms in total. The fraction of sp³-hybridized carbons (Fsp3) is 0.400. The van der Waals surface area contributed by atoms with Crippen molar-refractivity contribution in [3.8, 4) is 0 Å². The standard InChI is InChI=1S/C5H4Br2O3.C5H5BrO3/c1-9-3-2(6)4(7)10-5(3)8;1-8-4-3(6)2-9-5(4)7/h4H,1H3;2H2,1H3. The smallest absolute Gasteiger partial charge is 0.376 e. The summed E-state index contributed by atoms with van der Waals surface area (Å²) in [6.07, 6.45) is 0. The van der Waals surface area contributed by atoms with Gasteiger partial charge in [-0.25, -0.2) is 9.59 Å². The average molecular weight is 465 g/mol. The first-order valence-corrected chi connectivity index (χ1v) is 7.31. The van der Waals surface area contributed by atoms with Crippen molar-refractivity contribution in [1.29, 1.82) is 0 Å². The van der Waals surface area contributed by atoms with Crippen LogP contribution in [0.4, 0.5) is 0 Å². The van der Waals surface area contributed by atoms with E-state index in [1.54, 1.807) is 0 Å². The largest absolute Gasteiger partial charge is 0.489 e. The number of methoxy groups -OCH3 is 2. The molecule has 0 N–H and O–H groups in total. The second-order valence-electron chi connectivity index (χ2n) is 3.12. The number of halogens is 3. The normalized spacial score (nSPS) is 21.8. The average Bonchev–Trinajstić information content (AvgIpc) is 2.81. The number of esters is 2. The van der Waals surface area contributed by atoms with E-state index in [1.165, 1.54) is 14.2 Å². The van der Waals surface area contributed by atoms with Crippen LogP contribution in [0.15, 0.2) is 20.5 Å². The number of cyclic esters (lactones) is 2. The quantitative estimate of drug-likeness (QED) is 0.461. The van der Waals surface area contributed by atoms with Crippen molar-refractivity contribution in [3.05, 3.63) is 20.5 Å². The van der Waals surface area contributed by atoms with Crippen molar-refractivity contribution in [3.63, 3.8) is 0 Å². The van der Waals surface area contributed by atoms with E-state index in [1.807, 2.05) is 0 Å². The molecule has 0 saturated heterocycles. The molecule has 0 bridgehead atoms. The molecular formula is C10H9Br3O6. The Bertz CT molecular complexity index is 456. The first-order valence-electron chi connectivity index (χ1n) is 4.80. The van der Waals surface area contributed by atoms with Gasteiger partial charge < -0.3 is 18.9 Å². The van der Waals surface area contributed by atoms with Gasteiger partial charge >= 0.3 is 11.9 Å². The number of ether oxygens (including phenoxy) is 4. The number of hydrogen-bond donors (Lipinski definition) is 0. The molecule has 2 aliphatic heterocycles. The minimum atomic E-state index is -0.448. The zero-order chi connectivity index (χ0) is 14.6. The summed E-state index contributed by atoms with van der Waals surface area (Å²) in [6, 6.07) is 0. The first kappa shape index (κ1) is 16.5. The SMILES string of the molecule is COC1=C(Br)C(Br)OC1=O.COC1=C(Br)COC1=O. The molecule has 0 aliphatic carbocycles. The Labute approximate surface area is 134 Å². The molecule has 0 aromatic heterocycles. The van der Waals surface area contributed by atoms with E-state index >= 15 is 0 Å². The van der Waals surface area contributed by atoms with Crippen LogP contribution >= 0.6 is 47.8 Å². The zero-order valence-electron chi connectivity index (χ0n) is 9.87. The molecule has 2 rings (SSSR count). The van der Waals surface area contributed by atoms with Crippen LogP contribution in [0.2, 0.25) is 0 Å². The number of carbonyl (C=O) groups excluding carboxylic acids is 2. The highest BCUT2D eigenvalue weighted by atomic mass is 79.9. The lowest BCUT2D eigenvalue weighted by Crippen LogP contribution is -2.02. The molecule has 1 atom stereocenters. The van der Waals surface area contributed by atoms with Crippen LogP contribution in [0, 0.1) is 0 Å². The molecule has 0 fully saturated rings. The van der Waals surface area contributed by atoms with E-state index in [0.717, 1.165) is 0 Å². The maximum absolute atomic E-state index is 10.8. The molecule has 0 spiro atoms. The van der Waals surface area contributed by atoms with Crippen LogP contribution in [0.5, 0.6) is 0 Å². The van der Waals surface area contributed by atoms with Gasteiger partial charge in [0.1, 0.15) is 6.61 Å². The third kappa shape index (κ3) is 3.96. The fourth-order valence-corrected chi connectivity index (χ4v) is 2.38. The fourth-order valence-electron chi connectivity index (χ4n) is 1.15. The highest BCUT2D eigenvalue weighted by Crippen LogP contribution is 2.31. The van der Waals surface area contributed by atoms with Gasteiger partial charge in [-0.1, -0.05) is 0 Å². The predicted octanol–water partition coefficient (Wildman–Crippen LogP) is 2.31. The number of hydrogen-bond acceptors (Lipinski definition) is 6.